The molecule has 0 unspecified atom stereocenters. The van der Waals surface area contributed by atoms with Gasteiger partial charge in [0.2, 0.25) is 0 Å². The molecule has 2 aromatic carbocycles. The number of aromatic nitrogens is 2. The van der Waals surface area contributed by atoms with Crippen LogP contribution in [-0.4, -0.2) is 36.7 Å². The fourth-order valence-corrected chi connectivity index (χ4v) is 4.29. The summed E-state index contributed by atoms with van der Waals surface area (Å²) in [5.74, 6) is 1.60. The first kappa shape index (κ1) is 25.9. The van der Waals surface area contributed by atoms with Crippen LogP contribution >= 0.6 is 24.0 Å². The third-order valence-corrected chi connectivity index (χ3v) is 6.07. The van der Waals surface area contributed by atoms with E-state index in [1.54, 1.807) is 19.2 Å². The first-order valence-corrected chi connectivity index (χ1v) is 12.1. The molecule has 3 aromatic rings. The van der Waals surface area contributed by atoms with Crippen LogP contribution in [0.3, 0.4) is 0 Å². The molecule has 0 fully saturated rings. The maximum Gasteiger partial charge on any atom is 0.191 e. The number of sulfone groups is 1. The van der Waals surface area contributed by atoms with Crippen LogP contribution < -0.4 is 10.6 Å². The first-order chi connectivity index (χ1) is 14.9. The van der Waals surface area contributed by atoms with Crippen molar-refractivity contribution in [2.24, 2.45) is 4.99 Å². The summed E-state index contributed by atoms with van der Waals surface area (Å²) in [5, 5.41) is 6.57. The van der Waals surface area contributed by atoms with Crippen LogP contribution in [0.1, 0.15) is 29.4 Å². The highest BCUT2D eigenvalue weighted by atomic mass is 127. The second-order valence-corrected chi connectivity index (χ2v) is 9.36. The van der Waals surface area contributed by atoms with Crippen LogP contribution in [0.5, 0.6) is 0 Å². The van der Waals surface area contributed by atoms with Gasteiger partial charge in [0.1, 0.15) is 5.82 Å². The average Bonchev–Trinajstić information content (AvgIpc) is 3.17. The first-order valence-electron chi connectivity index (χ1n) is 10.2. The van der Waals surface area contributed by atoms with E-state index in [1.165, 1.54) is 11.8 Å². The quantitative estimate of drug-likeness (QED) is 0.247. The molecule has 0 bridgehead atoms. The van der Waals surface area contributed by atoms with Gasteiger partial charge in [-0.15, -0.1) is 24.0 Å². The van der Waals surface area contributed by atoms with E-state index in [1.807, 2.05) is 43.5 Å². The van der Waals surface area contributed by atoms with Gasteiger partial charge in [0, 0.05) is 31.7 Å². The second kappa shape index (κ2) is 12.0. The van der Waals surface area contributed by atoms with E-state index in [9.17, 15) is 8.42 Å². The lowest BCUT2D eigenvalue weighted by atomic mass is 10.1. The molecule has 2 N–H and O–H groups in total. The number of hydrogen-bond acceptors (Lipinski definition) is 4. The minimum Gasteiger partial charge on any atom is -0.357 e. The number of imidazole rings is 1. The molecule has 9 heteroatoms. The van der Waals surface area contributed by atoms with Gasteiger partial charge >= 0.3 is 0 Å². The Morgan fingerprint density at radius 3 is 2.50 bits per heavy atom. The van der Waals surface area contributed by atoms with Crippen molar-refractivity contribution in [1.82, 2.24) is 20.2 Å². The van der Waals surface area contributed by atoms with Crippen molar-refractivity contribution >= 4 is 39.8 Å². The lowest BCUT2D eigenvalue weighted by molar-refractivity contribution is 0.601. The molecule has 172 valence electrons. The summed E-state index contributed by atoms with van der Waals surface area (Å²) in [5.41, 5.74) is 2.90. The Hall–Kier alpha value is -2.40. The van der Waals surface area contributed by atoms with Crippen molar-refractivity contribution in [1.29, 1.82) is 0 Å². The Bertz CT molecular complexity index is 1140. The number of aryl methyl sites for hydroxylation is 1. The average molecular weight is 567 g/mol. The van der Waals surface area contributed by atoms with Crippen molar-refractivity contribution < 1.29 is 8.42 Å². The van der Waals surface area contributed by atoms with Crippen LogP contribution in [0.4, 0.5) is 0 Å². The molecule has 0 saturated heterocycles. The van der Waals surface area contributed by atoms with Gasteiger partial charge in [0.25, 0.3) is 0 Å². The Morgan fingerprint density at radius 2 is 1.84 bits per heavy atom. The molecule has 7 nitrogen and oxygen atoms in total. The van der Waals surface area contributed by atoms with E-state index in [0.717, 1.165) is 30.0 Å². The van der Waals surface area contributed by atoms with Gasteiger partial charge in [0.05, 0.1) is 18.0 Å². The minimum absolute atomic E-state index is 0. The van der Waals surface area contributed by atoms with Crippen LogP contribution in [0.15, 0.2) is 70.8 Å². The molecule has 0 aliphatic heterocycles. The number of nitrogens with zero attached hydrogens (tertiary/aromatic N) is 3. The lowest BCUT2D eigenvalue weighted by Crippen LogP contribution is -2.37. The van der Waals surface area contributed by atoms with Gasteiger partial charge in [-0.3, -0.25) is 0 Å². The van der Waals surface area contributed by atoms with Crippen LogP contribution in [-0.2, 0) is 29.5 Å². The topological polar surface area (TPSA) is 88.4 Å². The predicted molar refractivity (Wildman–Crippen MR) is 139 cm³/mol. The largest absolute Gasteiger partial charge is 0.357 e. The van der Waals surface area contributed by atoms with Crippen LogP contribution in [0.25, 0.3) is 0 Å². The molecule has 0 spiro atoms. The summed E-state index contributed by atoms with van der Waals surface area (Å²) in [4.78, 5) is 9.46. The Morgan fingerprint density at radius 1 is 1.09 bits per heavy atom. The number of rotatable bonds is 8. The van der Waals surface area contributed by atoms with Crippen LogP contribution in [0.2, 0.25) is 0 Å². The lowest BCUT2D eigenvalue weighted by Gasteiger charge is -2.13. The van der Waals surface area contributed by atoms with E-state index < -0.39 is 9.84 Å². The third-order valence-electron chi connectivity index (χ3n) is 4.81. The maximum atomic E-state index is 11.8. The van der Waals surface area contributed by atoms with Crippen molar-refractivity contribution in [3.05, 3.63) is 83.4 Å². The molecule has 0 amide bonds. The molecule has 3 rings (SSSR count). The van der Waals surface area contributed by atoms with Gasteiger partial charge in [-0.1, -0.05) is 42.5 Å². The number of hydrogen-bond donors (Lipinski definition) is 2. The molecular weight excluding hydrogens is 537 g/mol. The second-order valence-electron chi connectivity index (χ2n) is 7.38. The molecule has 32 heavy (non-hydrogen) atoms. The Balaban J connectivity index is 0.00000363. The zero-order valence-electron chi connectivity index (χ0n) is 18.6. The molecule has 1 aromatic heterocycles. The normalized spacial score (nSPS) is 11.7. The predicted octanol–water partition coefficient (Wildman–Crippen LogP) is 3.52. The van der Waals surface area contributed by atoms with Gasteiger partial charge in [0.15, 0.2) is 15.8 Å². The van der Waals surface area contributed by atoms with E-state index in [-0.39, 0.29) is 24.0 Å². The smallest absolute Gasteiger partial charge is 0.191 e. The standard InChI is InChI=1S/C23H29N5O2S.HI/c1-4-24-23(26-15-20-10-11-21(18(2)14-20)31(3,29)30)27-16-22-25-12-13-28(22)17-19-8-6-5-7-9-19;/h5-14H,4,15-17H2,1-3H3,(H2,24,26,27);1H. The van der Waals surface area contributed by atoms with Crippen molar-refractivity contribution in [2.45, 2.75) is 38.4 Å². The molecule has 0 radical (unpaired) electrons. The van der Waals surface area contributed by atoms with Gasteiger partial charge < -0.3 is 15.2 Å². The molecular formula is C23H30IN5O2S. The van der Waals surface area contributed by atoms with Gasteiger partial charge in [-0.2, -0.15) is 0 Å². The highest BCUT2D eigenvalue weighted by molar-refractivity contribution is 14.0. The highest BCUT2D eigenvalue weighted by Gasteiger charge is 2.11. The number of benzene rings is 2. The zero-order valence-corrected chi connectivity index (χ0v) is 21.7. The van der Waals surface area contributed by atoms with E-state index in [4.69, 9.17) is 0 Å². The fourth-order valence-electron chi connectivity index (χ4n) is 3.33. The summed E-state index contributed by atoms with van der Waals surface area (Å²) >= 11 is 0. The Labute approximate surface area is 207 Å². The molecule has 0 aliphatic rings. The molecule has 0 aliphatic carbocycles. The summed E-state index contributed by atoms with van der Waals surface area (Å²) in [6.45, 7) is 6.29. The molecule has 0 saturated carbocycles. The highest BCUT2D eigenvalue weighted by Crippen LogP contribution is 2.17. The van der Waals surface area contributed by atoms with Crippen LogP contribution in [0, 0.1) is 6.92 Å². The number of halogens is 1. The van der Waals surface area contributed by atoms with Gasteiger partial charge in [-0.05, 0) is 36.6 Å². The van der Waals surface area contributed by atoms with E-state index in [0.29, 0.717) is 23.9 Å². The van der Waals surface area contributed by atoms with E-state index in [2.05, 4.69) is 37.3 Å². The summed E-state index contributed by atoms with van der Waals surface area (Å²) in [6, 6.07) is 15.6. The summed E-state index contributed by atoms with van der Waals surface area (Å²) in [7, 11) is -3.22. The zero-order chi connectivity index (χ0) is 22.3. The number of guanidine groups is 1. The van der Waals surface area contributed by atoms with Gasteiger partial charge in [-0.25, -0.2) is 18.4 Å². The summed E-state index contributed by atoms with van der Waals surface area (Å²) in [6.07, 6.45) is 5.00. The van der Waals surface area contributed by atoms with Crippen molar-refractivity contribution in [2.75, 3.05) is 12.8 Å². The monoisotopic (exact) mass is 567 g/mol. The number of nitrogens with one attached hydrogen (secondary N) is 2. The fraction of sp³-hybridized carbons (Fsp3) is 0.304. The van der Waals surface area contributed by atoms with Crippen molar-refractivity contribution in [3.8, 4) is 0 Å². The van der Waals surface area contributed by atoms with E-state index >= 15 is 0 Å². The number of aliphatic imine (C=N–C) groups is 1. The SMILES string of the molecule is CCNC(=NCc1ccc(S(C)(=O)=O)c(C)c1)NCc1nccn1Cc1ccccc1.I. The summed E-state index contributed by atoms with van der Waals surface area (Å²) < 4.78 is 25.7. The molecule has 0 atom stereocenters. The maximum absolute atomic E-state index is 11.8. The van der Waals surface area contributed by atoms with Crippen molar-refractivity contribution in [3.63, 3.8) is 0 Å². The minimum atomic E-state index is -3.22. The Kier molecular flexibility index (Phi) is 9.70. The third kappa shape index (κ3) is 7.33. The molecule has 1 heterocycles.